The predicted molar refractivity (Wildman–Crippen MR) is 119 cm³/mol. The molecule has 3 aromatic rings. The fourth-order valence-electron chi connectivity index (χ4n) is 5.21. The molecule has 1 N–H and O–H groups in total. The van der Waals surface area contributed by atoms with Crippen LogP contribution in [0.25, 0.3) is 10.8 Å². The summed E-state index contributed by atoms with van der Waals surface area (Å²) in [7, 11) is 0. The van der Waals surface area contributed by atoms with Gasteiger partial charge in [0.15, 0.2) is 0 Å². The number of aromatic hydroxyl groups is 1. The molecule has 0 aliphatic carbocycles. The van der Waals surface area contributed by atoms with Gasteiger partial charge in [-0.15, -0.1) is 0 Å². The van der Waals surface area contributed by atoms with Crippen LogP contribution in [0.3, 0.4) is 0 Å². The van der Waals surface area contributed by atoms with Crippen LogP contribution in [0.4, 0.5) is 5.69 Å². The van der Waals surface area contributed by atoms with Gasteiger partial charge < -0.3 is 10.0 Å². The van der Waals surface area contributed by atoms with Crippen LogP contribution in [-0.2, 0) is 12.8 Å². The van der Waals surface area contributed by atoms with E-state index in [0.29, 0.717) is 22.1 Å². The average Bonchev–Trinajstić information content (AvgIpc) is 2.80. The summed E-state index contributed by atoms with van der Waals surface area (Å²) in [5.41, 5.74) is 4.80. The van der Waals surface area contributed by atoms with Gasteiger partial charge in [-0.25, -0.2) is 0 Å². The quantitative estimate of drug-likeness (QED) is 0.513. The van der Waals surface area contributed by atoms with Crippen LogP contribution in [0, 0.1) is 0 Å². The SMILES string of the molecule is O=C1c2cccc3cccc(c23)C(=O)N1/N=C/c1cc2c3c(c1O)CCCN3CCC2. The molecule has 3 aromatic carbocycles. The van der Waals surface area contributed by atoms with Crippen molar-refractivity contribution in [2.75, 3.05) is 18.0 Å². The van der Waals surface area contributed by atoms with E-state index in [1.807, 2.05) is 30.3 Å². The lowest BCUT2D eigenvalue weighted by Crippen LogP contribution is -2.36. The molecule has 3 aliphatic rings. The Balaban J connectivity index is 1.42. The van der Waals surface area contributed by atoms with E-state index in [-0.39, 0.29) is 5.75 Å². The summed E-state index contributed by atoms with van der Waals surface area (Å²) in [5.74, 6) is -0.695. The molecule has 3 aliphatic heterocycles. The highest BCUT2D eigenvalue weighted by molar-refractivity contribution is 6.25. The molecule has 31 heavy (non-hydrogen) atoms. The summed E-state index contributed by atoms with van der Waals surface area (Å²) < 4.78 is 0. The van der Waals surface area contributed by atoms with Gasteiger partial charge in [-0.1, -0.05) is 24.3 Å². The van der Waals surface area contributed by atoms with Gasteiger partial charge in [-0.3, -0.25) is 9.59 Å². The highest BCUT2D eigenvalue weighted by atomic mass is 16.3. The number of phenols is 1. The zero-order valence-corrected chi connectivity index (χ0v) is 17.0. The van der Waals surface area contributed by atoms with Gasteiger partial charge in [0, 0.05) is 35.3 Å². The number of aryl methyl sites for hydroxylation is 1. The Morgan fingerprint density at radius 1 is 0.935 bits per heavy atom. The minimum absolute atomic E-state index is 0.202. The standard InChI is InChI=1S/C25H21N3O3/c29-23-17(13-16-7-3-11-27-12-4-10-20(23)22(16)27)14-26-28-24(30)18-8-1-5-15-6-2-9-19(21(15)18)25(28)31/h1-2,5-6,8-9,13-14,29H,3-4,7,10-12H2/b26-14+. The van der Waals surface area contributed by atoms with Gasteiger partial charge in [0.05, 0.1) is 17.3 Å². The number of phenolic OH excluding ortho intramolecular Hbond substituents is 1. The molecule has 6 heteroatoms. The molecule has 2 amide bonds. The molecule has 0 spiro atoms. The van der Waals surface area contributed by atoms with Crippen molar-refractivity contribution in [2.24, 2.45) is 5.10 Å². The molecule has 0 aromatic heterocycles. The van der Waals surface area contributed by atoms with E-state index in [2.05, 4.69) is 10.0 Å². The summed E-state index contributed by atoms with van der Waals surface area (Å²) in [6.45, 7) is 2.04. The second-order valence-corrected chi connectivity index (χ2v) is 8.37. The topological polar surface area (TPSA) is 73.2 Å². The Morgan fingerprint density at radius 2 is 1.61 bits per heavy atom. The second-order valence-electron chi connectivity index (χ2n) is 8.37. The normalized spacial score (nSPS) is 17.5. The molecule has 3 heterocycles. The molecule has 6 nitrogen and oxygen atoms in total. The van der Waals surface area contributed by atoms with E-state index in [0.717, 1.165) is 60.4 Å². The lowest BCUT2D eigenvalue weighted by Gasteiger charge is -2.37. The van der Waals surface area contributed by atoms with E-state index in [4.69, 9.17) is 0 Å². The number of hydrogen-bond acceptors (Lipinski definition) is 5. The first-order valence-electron chi connectivity index (χ1n) is 10.7. The Labute approximate surface area is 179 Å². The summed E-state index contributed by atoms with van der Waals surface area (Å²) in [4.78, 5) is 28.5. The first-order chi connectivity index (χ1) is 15.1. The van der Waals surface area contributed by atoms with Crippen molar-refractivity contribution in [3.05, 3.63) is 70.3 Å². The van der Waals surface area contributed by atoms with Crippen molar-refractivity contribution >= 4 is 34.5 Å². The minimum Gasteiger partial charge on any atom is -0.507 e. The minimum atomic E-state index is -0.449. The van der Waals surface area contributed by atoms with Gasteiger partial charge in [0.1, 0.15) is 5.75 Å². The van der Waals surface area contributed by atoms with E-state index in [1.165, 1.54) is 11.8 Å². The molecule has 0 atom stereocenters. The summed E-state index contributed by atoms with van der Waals surface area (Å²) in [5, 5.41) is 17.6. The summed E-state index contributed by atoms with van der Waals surface area (Å²) in [6, 6.07) is 12.8. The van der Waals surface area contributed by atoms with E-state index in [9.17, 15) is 14.7 Å². The summed E-state index contributed by atoms with van der Waals surface area (Å²) >= 11 is 0. The Kier molecular flexibility index (Phi) is 3.90. The zero-order chi connectivity index (χ0) is 21.1. The maximum Gasteiger partial charge on any atom is 0.282 e. The van der Waals surface area contributed by atoms with Gasteiger partial charge in [-0.05, 0) is 54.8 Å². The Bertz CT molecular complexity index is 1260. The molecule has 0 radical (unpaired) electrons. The maximum atomic E-state index is 13.0. The van der Waals surface area contributed by atoms with Crippen LogP contribution in [0.15, 0.2) is 47.6 Å². The van der Waals surface area contributed by atoms with Gasteiger partial charge in [-0.2, -0.15) is 10.1 Å². The monoisotopic (exact) mass is 411 g/mol. The van der Waals surface area contributed by atoms with Gasteiger partial charge >= 0.3 is 0 Å². The van der Waals surface area contributed by atoms with Crippen LogP contribution in [0.1, 0.15) is 50.2 Å². The van der Waals surface area contributed by atoms with Crippen LogP contribution in [0.5, 0.6) is 5.75 Å². The Morgan fingerprint density at radius 3 is 2.32 bits per heavy atom. The number of carbonyl (C=O) groups excluding carboxylic acids is 2. The van der Waals surface area contributed by atoms with Crippen molar-refractivity contribution < 1.29 is 14.7 Å². The molecule has 6 rings (SSSR count). The number of hydrazone groups is 1. The highest BCUT2D eigenvalue weighted by Gasteiger charge is 2.33. The summed E-state index contributed by atoms with van der Waals surface area (Å²) in [6.07, 6.45) is 5.31. The molecular formula is C25H21N3O3. The van der Waals surface area contributed by atoms with Crippen LogP contribution in [0.2, 0.25) is 0 Å². The number of anilines is 1. The smallest absolute Gasteiger partial charge is 0.282 e. The predicted octanol–water partition coefficient (Wildman–Crippen LogP) is 3.87. The fourth-order valence-corrected chi connectivity index (χ4v) is 5.21. The lowest BCUT2D eigenvalue weighted by atomic mass is 9.89. The van der Waals surface area contributed by atoms with E-state index < -0.39 is 11.8 Å². The first-order valence-corrected chi connectivity index (χ1v) is 10.7. The number of benzene rings is 3. The van der Waals surface area contributed by atoms with Crippen LogP contribution < -0.4 is 4.90 Å². The van der Waals surface area contributed by atoms with Gasteiger partial charge in [0.25, 0.3) is 11.8 Å². The second kappa shape index (κ2) is 6.67. The number of amides is 2. The number of hydrogen-bond donors (Lipinski definition) is 1. The van der Waals surface area contributed by atoms with Crippen molar-refractivity contribution in [2.45, 2.75) is 25.7 Å². The van der Waals surface area contributed by atoms with E-state index in [1.54, 1.807) is 12.1 Å². The number of carbonyl (C=O) groups is 2. The highest BCUT2D eigenvalue weighted by Crippen LogP contribution is 2.41. The third-order valence-electron chi connectivity index (χ3n) is 6.59. The van der Waals surface area contributed by atoms with Crippen molar-refractivity contribution in [1.82, 2.24) is 5.01 Å². The van der Waals surface area contributed by atoms with Gasteiger partial charge in [0.2, 0.25) is 0 Å². The van der Waals surface area contributed by atoms with Crippen molar-refractivity contribution in [1.29, 1.82) is 0 Å². The molecule has 154 valence electrons. The zero-order valence-electron chi connectivity index (χ0n) is 17.0. The molecule has 0 saturated carbocycles. The molecule has 0 unspecified atom stereocenters. The lowest BCUT2D eigenvalue weighted by molar-refractivity contribution is 0.0616. The largest absolute Gasteiger partial charge is 0.507 e. The van der Waals surface area contributed by atoms with Crippen molar-refractivity contribution in [3.63, 3.8) is 0 Å². The van der Waals surface area contributed by atoms with E-state index >= 15 is 0 Å². The van der Waals surface area contributed by atoms with Crippen molar-refractivity contribution in [3.8, 4) is 5.75 Å². The maximum absolute atomic E-state index is 13.0. The third-order valence-corrected chi connectivity index (χ3v) is 6.59. The van der Waals surface area contributed by atoms with Crippen LogP contribution in [-0.4, -0.2) is 41.2 Å². The first kappa shape index (κ1) is 18.1. The molecule has 0 fully saturated rings. The number of imide groups is 1. The molecular weight excluding hydrogens is 390 g/mol. The Hall–Kier alpha value is -3.67. The average molecular weight is 411 g/mol. The third kappa shape index (κ3) is 2.61. The van der Waals surface area contributed by atoms with Crippen LogP contribution >= 0.6 is 0 Å². The molecule has 0 bridgehead atoms. The number of nitrogens with zero attached hydrogens (tertiary/aromatic N) is 3. The number of rotatable bonds is 2. The fraction of sp³-hybridized carbons (Fsp3) is 0.240. The molecule has 0 saturated heterocycles.